The average Bonchev–Trinajstić information content (AvgIpc) is 2.17. The van der Waals surface area contributed by atoms with Gasteiger partial charge in [0.05, 0.1) is 0 Å². The van der Waals surface area contributed by atoms with Crippen molar-refractivity contribution in [3.8, 4) is 0 Å². The molecule has 1 aliphatic rings. The van der Waals surface area contributed by atoms with Gasteiger partial charge in [0.25, 0.3) is 0 Å². The van der Waals surface area contributed by atoms with Crippen LogP contribution in [0.4, 0.5) is 0 Å². The second kappa shape index (κ2) is 3.15. The number of hydrogen-bond acceptors (Lipinski definition) is 3. The van der Waals surface area contributed by atoms with Crippen molar-refractivity contribution in [2.24, 2.45) is 0 Å². The Kier molecular flexibility index (Phi) is 2.45. The fraction of sp³-hybridized carbons (Fsp3) is 1.00. The normalized spacial score (nSPS) is 35.3. The van der Waals surface area contributed by atoms with E-state index >= 15 is 0 Å². The third-order valence-electron chi connectivity index (χ3n) is 1.26. The van der Waals surface area contributed by atoms with E-state index in [2.05, 4.69) is 6.92 Å². The van der Waals surface area contributed by atoms with E-state index in [1.165, 1.54) is 0 Å². The minimum absolute atomic E-state index is 0.162. The van der Waals surface area contributed by atoms with Crippen LogP contribution in [0, 0.1) is 0 Å². The standard InChI is InChI=1S/C6H12O3/c1-2-3-6-8-4-5(7)9-6/h5-7H,2-4H2,1H3. The lowest BCUT2D eigenvalue weighted by Gasteiger charge is -2.05. The summed E-state index contributed by atoms with van der Waals surface area (Å²) in [5, 5.41) is 8.78. The molecule has 2 unspecified atom stereocenters. The van der Waals surface area contributed by atoms with Gasteiger partial charge >= 0.3 is 0 Å². The average molecular weight is 132 g/mol. The first-order valence-electron chi connectivity index (χ1n) is 3.28. The topological polar surface area (TPSA) is 38.7 Å². The molecule has 0 radical (unpaired) electrons. The maximum absolute atomic E-state index is 8.78. The SMILES string of the molecule is CCCC1OCC(O)O1. The van der Waals surface area contributed by atoms with Crippen molar-refractivity contribution in [3.05, 3.63) is 0 Å². The fourth-order valence-corrected chi connectivity index (χ4v) is 0.830. The Bertz CT molecular complexity index is 82.4. The Hall–Kier alpha value is -0.120. The molecule has 1 rings (SSSR count). The number of rotatable bonds is 2. The van der Waals surface area contributed by atoms with Gasteiger partial charge in [0.15, 0.2) is 12.6 Å². The summed E-state index contributed by atoms with van der Waals surface area (Å²) in [5.41, 5.74) is 0. The summed E-state index contributed by atoms with van der Waals surface area (Å²) in [7, 11) is 0. The Balaban J connectivity index is 2.14. The first-order valence-corrected chi connectivity index (χ1v) is 3.28. The highest BCUT2D eigenvalue weighted by Gasteiger charge is 2.22. The molecular weight excluding hydrogens is 120 g/mol. The van der Waals surface area contributed by atoms with Gasteiger partial charge in [-0.15, -0.1) is 0 Å². The second-order valence-electron chi connectivity index (χ2n) is 2.14. The van der Waals surface area contributed by atoms with Crippen LogP contribution in [0.25, 0.3) is 0 Å². The van der Waals surface area contributed by atoms with Crippen LogP contribution in [-0.4, -0.2) is 24.3 Å². The van der Waals surface area contributed by atoms with Gasteiger partial charge < -0.3 is 14.6 Å². The van der Waals surface area contributed by atoms with E-state index in [0.29, 0.717) is 6.61 Å². The zero-order chi connectivity index (χ0) is 6.69. The zero-order valence-electron chi connectivity index (χ0n) is 5.54. The molecule has 9 heavy (non-hydrogen) atoms. The van der Waals surface area contributed by atoms with Crippen molar-refractivity contribution < 1.29 is 14.6 Å². The third-order valence-corrected chi connectivity index (χ3v) is 1.26. The van der Waals surface area contributed by atoms with Gasteiger partial charge in [-0.3, -0.25) is 0 Å². The van der Waals surface area contributed by atoms with Gasteiger partial charge in [-0.1, -0.05) is 13.3 Å². The highest BCUT2D eigenvalue weighted by molar-refractivity contribution is 4.53. The number of hydrogen-bond donors (Lipinski definition) is 1. The molecule has 0 saturated carbocycles. The van der Waals surface area contributed by atoms with Gasteiger partial charge in [0.1, 0.15) is 6.61 Å². The maximum Gasteiger partial charge on any atom is 0.181 e. The van der Waals surface area contributed by atoms with E-state index in [1.54, 1.807) is 0 Å². The van der Waals surface area contributed by atoms with Gasteiger partial charge in [0, 0.05) is 0 Å². The molecule has 0 aromatic heterocycles. The molecule has 1 heterocycles. The van der Waals surface area contributed by atoms with Crippen LogP contribution in [0.15, 0.2) is 0 Å². The number of aliphatic hydroxyl groups excluding tert-OH is 1. The van der Waals surface area contributed by atoms with E-state index in [9.17, 15) is 0 Å². The summed E-state index contributed by atoms with van der Waals surface area (Å²) < 4.78 is 9.97. The Morgan fingerprint density at radius 1 is 1.67 bits per heavy atom. The molecule has 3 heteroatoms. The summed E-state index contributed by atoms with van der Waals surface area (Å²) in [5.74, 6) is 0. The first kappa shape index (κ1) is 6.99. The van der Waals surface area contributed by atoms with Crippen molar-refractivity contribution in [1.29, 1.82) is 0 Å². The lowest BCUT2D eigenvalue weighted by molar-refractivity contribution is -0.116. The lowest BCUT2D eigenvalue weighted by Crippen LogP contribution is -2.10. The summed E-state index contributed by atoms with van der Waals surface area (Å²) >= 11 is 0. The predicted molar refractivity (Wildman–Crippen MR) is 31.7 cm³/mol. The molecule has 0 aliphatic carbocycles. The number of aliphatic hydroxyl groups is 1. The molecule has 1 aliphatic heterocycles. The Morgan fingerprint density at radius 2 is 2.44 bits per heavy atom. The molecule has 3 nitrogen and oxygen atoms in total. The molecule has 0 spiro atoms. The van der Waals surface area contributed by atoms with Crippen LogP contribution in [0.3, 0.4) is 0 Å². The monoisotopic (exact) mass is 132 g/mol. The van der Waals surface area contributed by atoms with Crippen LogP contribution in [0.5, 0.6) is 0 Å². The minimum atomic E-state index is -0.693. The third kappa shape index (κ3) is 1.93. The summed E-state index contributed by atoms with van der Waals surface area (Å²) in [4.78, 5) is 0. The molecule has 1 fully saturated rings. The van der Waals surface area contributed by atoms with Crippen LogP contribution >= 0.6 is 0 Å². The van der Waals surface area contributed by atoms with Crippen molar-refractivity contribution in [1.82, 2.24) is 0 Å². The van der Waals surface area contributed by atoms with E-state index in [4.69, 9.17) is 14.6 Å². The molecule has 0 bridgehead atoms. The van der Waals surface area contributed by atoms with Gasteiger partial charge in [0.2, 0.25) is 0 Å². The molecule has 0 aromatic rings. The number of ether oxygens (including phenoxy) is 2. The summed E-state index contributed by atoms with van der Waals surface area (Å²) in [6.45, 7) is 2.38. The van der Waals surface area contributed by atoms with Crippen molar-refractivity contribution >= 4 is 0 Å². The highest BCUT2D eigenvalue weighted by Crippen LogP contribution is 2.13. The van der Waals surface area contributed by atoms with E-state index in [-0.39, 0.29) is 6.29 Å². The van der Waals surface area contributed by atoms with Crippen molar-refractivity contribution in [2.45, 2.75) is 32.3 Å². The predicted octanol–water partition coefficient (Wildman–Crippen LogP) is 0.478. The Morgan fingerprint density at radius 3 is 2.89 bits per heavy atom. The maximum atomic E-state index is 8.78. The highest BCUT2D eigenvalue weighted by atomic mass is 16.8. The molecule has 0 amide bonds. The van der Waals surface area contributed by atoms with E-state index in [1.807, 2.05) is 0 Å². The minimum Gasteiger partial charge on any atom is -0.366 e. The van der Waals surface area contributed by atoms with Crippen LogP contribution in [0.2, 0.25) is 0 Å². The van der Waals surface area contributed by atoms with Crippen LogP contribution < -0.4 is 0 Å². The lowest BCUT2D eigenvalue weighted by atomic mass is 10.3. The second-order valence-corrected chi connectivity index (χ2v) is 2.14. The largest absolute Gasteiger partial charge is 0.366 e. The first-order chi connectivity index (χ1) is 4.33. The fourth-order valence-electron chi connectivity index (χ4n) is 0.830. The smallest absolute Gasteiger partial charge is 0.181 e. The van der Waals surface area contributed by atoms with Gasteiger partial charge in [-0.2, -0.15) is 0 Å². The van der Waals surface area contributed by atoms with Crippen molar-refractivity contribution in [2.75, 3.05) is 6.61 Å². The molecule has 54 valence electrons. The molecule has 1 saturated heterocycles. The zero-order valence-corrected chi connectivity index (χ0v) is 5.54. The molecular formula is C6H12O3. The van der Waals surface area contributed by atoms with Gasteiger partial charge in [-0.25, -0.2) is 0 Å². The summed E-state index contributed by atoms with van der Waals surface area (Å²) in [6, 6.07) is 0. The molecule has 0 aromatic carbocycles. The van der Waals surface area contributed by atoms with Crippen LogP contribution in [0.1, 0.15) is 19.8 Å². The van der Waals surface area contributed by atoms with Crippen molar-refractivity contribution in [3.63, 3.8) is 0 Å². The Labute approximate surface area is 54.6 Å². The van der Waals surface area contributed by atoms with Crippen LogP contribution in [-0.2, 0) is 9.47 Å². The summed E-state index contributed by atoms with van der Waals surface area (Å²) in [6.07, 6.45) is 1.04. The van der Waals surface area contributed by atoms with E-state index < -0.39 is 6.29 Å². The quantitative estimate of drug-likeness (QED) is 0.593. The van der Waals surface area contributed by atoms with E-state index in [0.717, 1.165) is 12.8 Å². The molecule has 1 N–H and O–H groups in total. The van der Waals surface area contributed by atoms with Gasteiger partial charge in [-0.05, 0) is 6.42 Å². The molecule has 2 atom stereocenters.